The van der Waals surface area contributed by atoms with E-state index < -0.39 is 18.4 Å². The molecule has 39 heavy (non-hydrogen) atoms. The predicted molar refractivity (Wildman–Crippen MR) is 140 cm³/mol. The van der Waals surface area contributed by atoms with Crippen molar-refractivity contribution in [1.29, 1.82) is 5.26 Å². The fourth-order valence-corrected chi connectivity index (χ4v) is 4.83. The lowest BCUT2D eigenvalue weighted by atomic mass is 9.83. The molecule has 1 atom stereocenters. The Balaban J connectivity index is 1.47. The molecule has 1 fully saturated rings. The number of nitrogens with one attached hydrogen (secondary N) is 2. The van der Waals surface area contributed by atoms with Gasteiger partial charge in [-0.3, -0.25) is 9.48 Å². The van der Waals surface area contributed by atoms with Gasteiger partial charge in [-0.25, -0.2) is 18.7 Å². The average Bonchev–Trinajstić information content (AvgIpc) is 3.48. The van der Waals surface area contributed by atoms with Gasteiger partial charge in [0.2, 0.25) is 5.95 Å². The molecule has 2 aliphatic rings. The number of halogens is 2. The van der Waals surface area contributed by atoms with Crippen molar-refractivity contribution in [3.63, 3.8) is 0 Å². The number of aliphatic hydroxyl groups excluding tert-OH is 1. The summed E-state index contributed by atoms with van der Waals surface area (Å²) >= 11 is 0. The highest BCUT2D eigenvalue weighted by Gasteiger charge is 2.36. The van der Waals surface area contributed by atoms with Gasteiger partial charge in [0.05, 0.1) is 29.2 Å². The van der Waals surface area contributed by atoms with E-state index >= 15 is 0 Å². The van der Waals surface area contributed by atoms with Crippen molar-refractivity contribution in [3.05, 3.63) is 47.4 Å². The monoisotopic (exact) mass is 537 g/mol. The molecule has 3 N–H and O–H groups in total. The topological polar surface area (TPSA) is 135 Å². The first-order chi connectivity index (χ1) is 18.7. The lowest BCUT2D eigenvalue weighted by Gasteiger charge is -2.32. The number of benzene rings is 1. The summed E-state index contributed by atoms with van der Waals surface area (Å²) in [5.74, 6) is -0.221. The third kappa shape index (κ3) is 5.25. The number of hydrogen-bond donors (Lipinski definition) is 3. The highest BCUT2D eigenvalue weighted by Crippen LogP contribution is 2.41. The zero-order valence-electron chi connectivity index (χ0n) is 21.7. The van der Waals surface area contributed by atoms with E-state index in [0.717, 1.165) is 10.2 Å². The van der Waals surface area contributed by atoms with Gasteiger partial charge in [0.25, 0.3) is 12.3 Å². The van der Waals surface area contributed by atoms with Crippen molar-refractivity contribution in [2.24, 2.45) is 0 Å². The molecule has 4 heterocycles. The molecule has 204 valence electrons. The summed E-state index contributed by atoms with van der Waals surface area (Å²) in [5, 5.41) is 30.1. The molecule has 13 heteroatoms. The Morgan fingerprint density at radius 2 is 2.08 bits per heavy atom. The van der Waals surface area contributed by atoms with Crippen LogP contribution < -0.4 is 10.6 Å². The molecule has 0 bridgehead atoms. The first kappa shape index (κ1) is 26.5. The van der Waals surface area contributed by atoms with Gasteiger partial charge in [0.1, 0.15) is 12.6 Å². The van der Waals surface area contributed by atoms with E-state index in [-0.39, 0.29) is 29.8 Å². The summed E-state index contributed by atoms with van der Waals surface area (Å²) in [7, 11) is 1.97. The fraction of sp³-hybridized carbons (Fsp3) is 0.423. The van der Waals surface area contributed by atoms with Crippen LogP contribution >= 0.6 is 0 Å². The lowest BCUT2D eigenvalue weighted by Crippen LogP contribution is -2.47. The molecule has 0 unspecified atom stereocenters. The second-order valence-corrected chi connectivity index (χ2v) is 10.1. The van der Waals surface area contributed by atoms with E-state index in [1.54, 1.807) is 17.0 Å². The second kappa shape index (κ2) is 10.5. The maximum absolute atomic E-state index is 13.3. The third-order valence-corrected chi connectivity index (χ3v) is 7.19. The average molecular weight is 538 g/mol. The van der Waals surface area contributed by atoms with Crippen LogP contribution in [0.25, 0.3) is 11.3 Å². The van der Waals surface area contributed by atoms with E-state index in [9.17, 15) is 23.9 Å². The summed E-state index contributed by atoms with van der Waals surface area (Å²) in [6.07, 6.45) is 0.239. The number of aliphatic hydroxyl groups is 1. The molecule has 0 radical (unpaired) electrons. The van der Waals surface area contributed by atoms with Gasteiger partial charge in [0.15, 0.2) is 5.69 Å². The third-order valence-electron chi connectivity index (χ3n) is 7.19. The number of nitrogens with zero attached hydrogens (tertiary/aromatic N) is 7. The van der Waals surface area contributed by atoms with Gasteiger partial charge >= 0.3 is 0 Å². The fourth-order valence-electron chi connectivity index (χ4n) is 4.83. The van der Waals surface area contributed by atoms with Crippen LogP contribution in [0, 0.1) is 11.3 Å². The van der Waals surface area contributed by atoms with Gasteiger partial charge in [-0.2, -0.15) is 10.4 Å². The number of anilines is 3. The summed E-state index contributed by atoms with van der Waals surface area (Å²) in [6, 6.07) is 7.49. The Hall–Kier alpha value is -4.15. The van der Waals surface area contributed by atoms with Crippen molar-refractivity contribution in [2.75, 3.05) is 57.0 Å². The van der Waals surface area contributed by atoms with Crippen LogP contribution in [-0.2, 0) is 12.0 Å². The molecule has 2 aromatic heterocycles. The number of aromatic nitrogens is 4. The number of likely N-dealkylation sites (N-methyl/N-ethyl adjacent to an activating group) is 1. The minimum Gasteiger partial charge on any atom is -0.395 e. The molecular formula is C26H29F2N9O2. The summed E-state index contributed by atoms with van der Waals surface area (Å²) in [6.45, 7) is 4.08. The number of piperazine rings is 1. The van der Waals surface area contributed by atoms with Crippen molar-refractivity contribution in [3.8, 4) is 17.3 Å². The molecule has 3 aromatic rings. The van der Waals surface area contributed by atoms with E-state index in [1.165, 1.54) is 12.4 Å². The second-order valence-electron chi connectivity index (χ2n) is 10.1. The Bertz CT molecular complexity index is 1430. The van der Waals surface area contributed by atoms with Gasteiger partial charge in [-0.05, 0) is 30.8 Å². The minimum atomic E-state index is -2.64. The van der Waals surface area contributed by atoms with Crippen LogP contribution in [0.4, 0.5) is 26.1 Å². The zero-order chi connectivity index (χ0) is 27.7. The van der Waals surface area contributed by atoms with E-state index in [1.807, 2.05) is 20.0 Å². The smallest absolute Gasteiger partial charge is 0.276 e. The quantitative estimate of drug-likeness (QED) is 0.415. The number of fused-ring (bicyclic) bond motifs is 1. The normalized spacial score (nSPS) is 19.1. The van der Waals surface area contributed by atoms with Crippen LogP contribution in [-0.4, -0.2) is 93.4 Å². The summed E-state index contributed by atoms with van der Waals surface area (Å²) in [5.41, 5.74) is 2.80. The van der Waals surface area contributed by atoms with E-state index in [0.29, 0.717) is 55.2 Å². The Morgan fingerprint density at radius 3 is 2.77 bits per heavy atom. The van der Waals surface area contributed by atoms with Crippen molar-refractivity contribution < 1.29 is 18.7 Å². The van der Waals surface area contributed by atoms with Crippen molar-refractivity contribution in [2.45, 2.75) is 25.3 Å². The molecule has 1 saturated heterocycles. The minimum absolute atomic E-state index is 0.0169. The molecule has 5 rings (SSSR count). The predicted octanol–water partition coefficient (Wildman–Crippen LogP) is 2.28. The summed E-state index contributed by atoms with van der Waals surface area (Å²) < 4.78 is 27.3. The maximum Gasteiger partial charge on any atom is 0.276 e. The molecule has 0 spiro atoms. The van der Waals surface area contributed by atoms with Crippen LogP contribution in [0.15, 0.2) is 30.6 Å². The van der Waals surface area contributed by atoms with Crippen LogP contribution in [0.2, 0.25) is 0 Å². The van der Waals surface area contributed by atoms with Gasteiger partial charge in [-0.1, -0.05) is 6.92 Å². The first-order valence-corrected chi connectivity index (χ1v) is 12.6. The van der Waals surface area contributed by atoms with Gasteiger partial charge < -0.3 is 25.5 Å². The SMILES string of the molecule is CN1CCN(C(=O)c2nn(CC(F)F)cc2Nc2nccc(-c3cc(C#N)c4c(c3)[C@@](C)(CO)CN4)n2)CC1. The van der Waals surface area contributed by atoms with E-state index in [2.05, 4.69) is 36.7 Å². The number of nitriles is 1. The van der Waals surface area contributed by atoms with Crippen molar-refractivity contribution >= 4 is 23.2 Å². The largest absolute Gasteiger partial charge is 0.395 e. The standard InChI is InChI=1S/C26H29F2N9O2/c1-26(15-38)14-31-22-17(11-29)9-16(10-18(22)26)19-3-4-30-25(32-19)33-20-12-37(13-21(27)28)34-23(20)24(39)36-7-5-35(2)6-8-36/h3-4,9-10,12,21,31,38H,5-8,13-15H2,1-2H3,(H,30,32,33)/t26-/m1/s1. The highest BCUT2D eigenvalue weighted by atomic mass is 19.3. The van der Waals surface area contributed by atoms with Crippen LogP contribution in [0.5, 0.6) is 0 Å². The van der Waals surface area contributed by atoms with Crippen molar-refractivity contribution in [1.82, 2.24) is 29.5 Å². The number of alkyl halides is 2. The number of carbonyl (C=O) groups excluding carboxylic acids is 1. The zero-order valence-corrected chi connectivity index (χ0v) is 21.7. The van der Waals surface area contributed by atoms with Gasteiger partial charge in [-0.15, -0.1) is 0 Å². The van der Waals surface area contributed by atoms with E-state index in [4.69, 9.17) is 0 Å². The molecule has 1 amide bonds. The number of rotatable bonds is 7. The lowest BCUT2D eigenvalue weighted by molar-refractivity contribution is 0.0655. The number of hydrogen-bond acceptors (Lipinski definition) is 9. The Morgan fingerprint density at radius 1 is 1.31 bits per heavy atom. The molecule has 0 aliphatic carbocycles. The molecule has 1 aromatic carbocycles. The Labute approximate surface area is 224 Å². The highest BCUT2D eigenvalue weighted by molar-refractivity contribution is 5.98. The van der Waals surface area contributed by atoms with Gasteiger partial charge in [0, 0.05) is 56.1 Å². The maximum atomic E-state index is 13.3. The Kier molecular flexibility index (Phi) is 7.16. The first-order valence-electron chi connectivity index (χ1n) is 12.6. The molecule has 2 aliphatic heterocycles. The number of carbonyl (C=O) groups is 1. The molecular weight excluding hydrogens is 508 g/mol. The molecule has 0 saturated carbocycles. The molecule has 11 nitrogen and oxygen atoms in total. The van der Waals surface area contributed by atoms with Crippen LogP contribution in [0.1, 0.15) is 28.5 Å². The summed E-state index contributed by atoms with van der Waals surface area (Å²) in [4.78, 5) is 25.9. The number of amides is 1. The van der Waals surface area contributed by atoms with Crippen LogP contribution in [0.3, 0.4) is 0 Å².